The van der Waals surface area contributed by atoms with Crippen molar-refractivity contribution < 1.29 is 0 Å². The topological polar surface area (TPSA) is 53.5 Å². The van der Waals surface area contributed by atoms with Crippen LogP contribution in [0.15, 0.2) is 218 Å². The van der Waals surface area contributed by atoms with Gasteiger partial charge in [0.15, 0.2) is 11.5 Å². The van der Waals surface area contributed by atoms with Gasteiger partial charge in [-0.2, -0.15) is 0 Å². The fourth-order valence-corrected chi connectivity index (χ4v) is 8.98. The number of hydrogen-bond acceptors (Lipinski definition) is 3. The SMILES string of the molecule is c1ccc(-c2cc(-c3ccccc3)nc(-c3cccc(-n4c5ccccc5c5c6c7c(nc(-c8ccccc8)n7-c7ccccc7)n(-c7ccccc7)c6ccc54)c3)n2)cc1. The molecule has 61 heavy (non-hydrogen) atoms. The first-order valence-corrected chi connectivity index (χ1v) is 20.5. The molecule has 0 aliphatic carbocycles. The predicted molar refractivity (Wildman–Crippen MR) is 250 cm³/mol. The predicted octanol–water partition coefficient (Wildman–Crippen LogP) is 13.5. The standard InChI is InChI=1S/C55H36N6/c1-6-19-37(20-7-1)45-36-46(38-21-8-2-9-22-38)57-53(56-45)40-25-18-30-43(35-40)59-47-32-17-16-31-44(47)50-48(59)33-34-49-51(50)52-55(60(49)41-26-12-4-13-27-41)58-54(39-23-10-3-11-24-39)61(52)42-28-14-5-15-29-42/h1-36H. The van der Waals surface area contributed by atoms with Gasteiger partial charge in [0, 0.05) is 55.5 Å². The Bertz CT molecular complexity index is 3490. The summed E-state index contributed by atoms with van der Waals surface area (Å²) < 4.78 is 7.06. The van der Waals surface area contributed by atoms with E-state index in [-0.39, 0.29) is 0 Å². The van der Waals surface area contributed by atoms with Crippen molar-refractivity contribution in [3.05, 3.63) is 218 Å². The molecule has 0 amide bonds. The van der Waals surface area contributed by atoms with Crippen molar-refractivity contribution in [2.24, 2.45) is 0 Å². The zero-order valence-electron chi connectivity index (χ0n) is 33.0. The number of hydrogen-bond donors (Lipinski definition) is 0. The monoisotopic (exact) mass is 780 g/mol. The minimum Gasteiger partial charge on any atom is -0.309 e. The third kappa shape index (κ3) is 5.69. The Morgan fingerprint density at radius 2 is 0.803 bits per heavy atom. The van der Waals surface area contributed by atoms with Gasteiger partial charge in [-0.25, -0.2) is 15.0 Å². The van der Waals surface area contributed by atoms with Gasteiger partial charge in [0.05, 0.1) is 27.9 Å². The molecule has 0 bridgehead atoms. The molecule has 0 aliphatic heterocycles. The summed E-state index contributed by atoms with van der Waals surface area (Å²) in [5, 5.41) is 3.48. The van der Waals surface area contributed by atoms with E-state index in [9.17, 15) is 0 Å². The number of rotatable bonds is 7. The van der Waals surface area contributed by atoms with Crippen LogP contribution in [0.25, 0.3) is 106 Å². The molecular formula is C55H36N6. The van der Waals surface area contributed by atoms with Crippen molar-refractivity contribution in [3.8, 4) is 62.4 Å². The Morgan fingerprint density at radius 3 is 1.43 bits per heavy atom. The Kier molecular flexibility index (Phi) is 8.06. The van der Waals surface area contributed by atoms with Crippen molar-refractivity contribution in [2.75, 3.05) is 0 Å². The molecule has 4 heterocycles. The number of nitrogens with zero attached hydrogens (tertiary/aromatic N) is 6. The summed E-state index contributed by atoms with van der Waals surface area (Å²) in [6.07, 6.45) is 0. The Morgan fingerprint density at radius 1 is 0.311 bits per heavy atom. The van der Waals surface area contributed by atoms with Crippen LogP contribution in [0, 0.1) is 0 Å². The first-order valence-electron chi connectivity index (χ1n) is 20.5. The van der Waals surface area contributed by atoms with E-state index < -0.39 is 0 Å². The number of fused-ring (bicyclic) bond motifs is 7. The molecule has 12 aromatic rings. The first kappa shape index (κ1) is 34.7. The van der Waals surface area contributed by atoms with Crippen LogP contribution in [-0.2, 0) is 0 Å². The van der Waals surface area contributed by atoms with Gasteiger partial charge in [-0.15, -0.1) is 0 Å². The highest BCUT2D eigenvalue weighted by molar-refractivity contribution is 6.28. The third-order valence-electron chi connectivity index (χ3n) is 11.7. The lowest BCUT2D eigenvalue weighted by molar-refractivity contribution is 1.10. The second-order valence-electron chi connectivity index (χ2n) is 15.3. The molecule has 0 fully saturated rings. The average molecular weight is 781 g/mol. The van der Waals surface area contributed by atoms with Crippen LogP contribution in [0.4, 0.5) is 0 Å². The molecule has 6 heteroatoms. The molecule has 0 saturated heterocycles. The van der Waals surface area contributed by atoms with Gasteiger partial charge in [0.1, 0.15) is 11.3 Å². The second kappa shape index (κ2) is 14.2. The molecule has 4 aromatic heterocycles. The summed E-state index contributed by atoms with van der Waals surface area (Å²) in [6, 6.07) is 76.4. The van der Waals surface area contributed by atoms with Gasteiger partial charge in [-0.05, 0) is 60.7 Å². The van der Waals surface area contributed by atoms with Gasteiger partial charge in [0.25, 0.3) is 0 Å². The largest absolute Gasteiger partial charge is 0.309 e. The van der Waals surface area contributed by atoms with Crippen molar-refractivity contribution in [2.45, 2.75) is 0 Å². The average Bonchev–Trinajstić information content (AvgIpc) is 4.00. The van der Waals surface area contributed by atoms with Crippen LogP contribution < -0.4 is 0 Å². The molecule has 0 unspecified atom stereocenters. The fraction of sp³-hybridized carbons (Fsp3) is 0. The van der Waals surface area contributed by atoms with Gasteiger partial charge in [-0.1, -0.05) is 158 Å². The van der Waals surface area contributed by atoms with E-state index in [4.69, 9.17) is 15.0 Å². The van der Waals surface area contributed by atoms with Crippen molar-refractivity contribution in [1.29, 1.82) is 0 Å². The normalized spacial score (nSPS) is 11.6. The van der Waals surface area contributed by atoms with E-state index in [2.05, 4.69) is 220 Å². The smallest absolute Gasteiger partial charge is 0.165 e. The van der Waals surface area contributed by atoms with Crippen LogP contribution in [0.5, 0.6) is 0 Å². The van der Waals surface area contributed by atoms with Crippen molar-refractivity contribution in [1.82, 2.24) is 28.7 Å². The van der Waals surface area contributed by atoms with E-state index in [0.29, 0.717) is 5.82 Å². The van der Waals surface area contributed by atoms with Gasteiger partial charge >= 0.3 is 0 Å². The van der Waals surface area contributed by atoms with Crippen LogP contribution in [0.2, 0.25) is 0 Å². The van der Waals surface area contributed by atoms with Gasteiger partial charge < -0.3 is 4.57 Å². The maximum atomic E-state index is 5.53. The maximum absolute atomic E-state index is 5.53. The molecule has 8 aromatic carbocycles. The van der Waals surface area contributed by atoms with Gasteiger partial charge in [0.2, 0.25) is 0 Å². The molecule has 6 nitrogen and oxygen atoms in total. The molecular weight excluding hydrogens is 745 g/mol. The summed E-state index contributed by atoms with van der Waals surface area (Å²) in [5.74, 6) is 1.57. The van der Waals surface area contributed by atoms with E-state index in [1.807, 2.05) is 12.1 Å². The van der Waals surface area contributed by atoms with E-state index in [1.54, 1.807) is 0 Å². The molecule has 0 saturated carbocycles. The van der Waals surface area contributed by atoms with E-state index in [0.717, 1.165) is 95.0 Å². The minimum absolute atomic E-state index is 0.673. The highest BCUT2D eigenvalue weighted by Crippen LogP contribution is 2.44. The highest BCUT2D eigenvalue weighted by Gasteiger charge is 2.27. The Hall–Kier alpha value is -8.35. The van der Waals surface area contributed by atoms with Crippen LogP contribution in [0.1, 0.15) is 0 Å². The Labute approximate surface area is 351 Å². The lowest BCUT2D eigenvalue weighted by atomic mass is 10.1. The highest BCUT2D eigenvalue weighted by atomic mass is 15.2. The van der Waals surface area contributed by atoms with Crippen molar-refractivity contribution in [3.63, 3.8) is 0 Å². The second-order valence-corrected chi connectivity index (χ2v) is 15.3. The lowest BCUT2D eigenvalue weighted by Crippen LogP contribution is -1.99. The first-order chi connectivity index (χ1) is 30.3. The number of para-hydroxylation sites is 3. The van der Waals surface area contributed by atoms with Crippen molar-refractivity contribution >= 4 is 43.9 Å². The molecule has 0 spiro atoms. The third-order valence-corrected chi connectivity index (χ3v) is 11.7. The summed E-state index contributed by atoms with van der Waals surface area (Å²) in [7, 11) is 0. The van der Waals surface area contributed by atoms with Crippen LogP contribution >= 0.6 is 0 Å². The van der Waals surface area contributed by atoms with Crippen LogP contribution in [0.3, 0.4) is 0 Å². The zero-order chi connectivity index (χ0) is 40.3. The number of aromatic nitrogens is 6. The maximum Gasteiger partial charge on any atom is 0.165 e. The summed E-state index contributed by atoms with van der Waals surface area (Å²) >= 11 is 0. The molecule has 0 atom stereocenters. The molecule has 286 valence electrons. The number of imidazole rings is 1. The molecule has 0 N–H and O–H groups in total. The van der Waals surface area contributed by atoms with Gasteiger partial charge in [-0.3, -0.25) is 9.13 Å². The molecule has 0 radical (unpaired) electrons. The minimum atomic E-state index is 0.673. The number of benzene rings is 8. The fourth-order valence-electron chi connectivity index (χ4n) is 8.98. The Balaban J connectivity index is 1.15. The van der Waals surface area contributed by atoms with Crippen LogP contribution in [-0.4, -0.2) is 28.7 Å². The zero-order valence-corrected chi connectivity index (χ0v) is 33.0. The molecule has 0 aliphatic rings. The lowest BCUT2D eigenvalue weighted by Gasteiger charge is -2.12. The summed E-state index contributed by atoms with van der Waals surface area (Å²) in [4.78, 5) is 15.9. The summed E-state index contributed by atoms with van der Waals surface area (Å²) in [5.41, 5.74) is 14.2. The quantitative estimate of drug-likeness (QED) is 0.162. The molecule has 12 rings (SSSR count). The van der Waals surface area contributed by atoms with E-state index in [1.165, 1.54) is 5.39 Å². The van der Waals surface area contributed by atoms with E-state index >= 15 is 0 Å². The summed E-state index contributed by atoms with van der Waals surface area (Å²) in [6.45, 7) is 0.